The molecule has 6 heteroatoms. The zero-order valence-electron chi connectivity index (χ0n) is 13.8. The minimum absolute atomic E-state index is 0.0435. The van der Waals surface area contributed by atoms with E-state index >= 15 is 0 Å². The molecule has 0 unspecified atom stereocenters. The van der Waals surface area contributed by atoms with E-state index in [1.165, 1.54) is 11.3 Å². The van der Waals surface area contributed by atoms with Gasteiger partial charge in [0.15, 0.2) is 5.82 Å². The number of aromatic nitrogens is 2. The average Bonchev–Trinajstić information content (AvgIpc) is 3.28. The molecule has 4 rings (SSSR count). The van der Waals surface area contributed by atoms with Crippen molar-refractivity contribution in [2.75, 3.05) is 0 Å². The fourth-order valence-corrected chi connectivity index (χ4v) is 4.65. The minimum Gasteiger partial charge on any atom is -0.340 e. The van der Waals surface area contributed by atoms with Crippen LogP contribution in [0.3, 0.4) is 0 Å². The molecule has 0 aliphatic heterocycles. The molecule has 1 aliphatic carbocycles. The molecule has 5 nitrogen and oxygen atoms in total. The first-order valence-corrected chi connectivity index (χ1v) is 9.02. The first-order valence-electron chi connectivity index (χ1n) is 8.20. The summed E-state index contributed by atoms with van der Waals surface area (Å²) in [6, 6.07) is 8.12. The third kappa shape index (κ3) is 2.41. The van der Waals surface area contributed by atoms with Crippen LogP contribution >= 0.6 is 11.3 Å². The molecule has 0 spiro atoms. The maximum absolute atomic E-state index is 13.0. The van der Waals surface area contributed by atoms with Gasteiger partial charge in [-0.1, -0.05) is 36.2 Å². The van der Waals surface area contributed by atoms with E-state index in [1.807, 2.05) is 19.1 Å². The predicted molar refractivity (Wildman–Crippen MR) is 93.2 cm³/mol. The van der Waals surface area contributed by atoms with Crippen LogP contribution in [0, 0.1) is 13.8 Å². The molecule has 0 atom stereocenters. The number of fused-ring (bicyclic) bond motifs is 1. The lowest BCUT2D eigenvalue weighted by Crippen LogP contribution is -2.44. The smallest absolute Gasteiger partial charge is 0.262 e. The standard InChI is InChI=1S/C18H19N3O2S/c1-11-13-7-3-4-8-14(13)24-15(11)16(22)20-18(9-5-6-10-18)17-19-12(2)23-21-17/h3-4,7-8H,5-6,9-10H2,1-2H3,(H,20,22). The number of nitrogens with one attached hydrogen (secondary N) is 1. The summed E-state index contributed by atoms with van der Waals surface area (Å²) in [4.78, 5) is 18.1. The van der Waals surface area contributed by atoms with Crippen LogP contribution in [0.1, 0.15) is 52.6 Å². The lowest BCUT2D eigenvalue weighted by Gasteiger charge is -2.26. The van der Waals surface area contributed by atoms with E-state index in [0.29, 0.717) is 11.7 Å². The van der Waals surface area contributed by atoms with E-state index in [0.717, 1.165) is 46.2 Å². The van der Waals surface area contributed by atoms with Gasteiger partial charge in [-0.2, -0.15) is 4.98 Å². The van der Waals surface area contributed by atoms with Crippen LogP contribution in [0.25, 0.3) is 10.1 Å². The number of carbonyl (C=O) groups excluding carboxylic acids is 1. The third-order valence-corrected chi connectivity index (χ3v) is 6.09. The Labute approximate surface area is 144 Å². The second-order valence-corrected chi connectivity index (χ2v) is 7.48. The Morgan fingerprint density at radius 2 is 2.00 bits per heavy atom. The van der Waals surface area contributed by atoms with Gasteiger partial charge >= 0.3 is 0 Å². The topological polar surface area (TPSA) is 68.0 Å². The Balaban J connectivity index is 1.69. The molecule has 3 aromatic rings. The van der Waals surface area contributed by atoms with Crippen LogP contribution in [0.15, 0.2) is 28.8 Å². The molecule has 2 aromatic heterocycles. The quantitative estimate of drug-likeness (QED) is 0.779. The van der Waals surface area contributed by atoms with E-state index in [-0.39, 0.29) is 5.91 Å². The van der Waals surface area contributed by atoms with Gasteiger partial charge in [-0.25, -0.2) is 0 Å². The van der Waals surface area contributed by atoms with Gasteiger partial charge in [0.2, 0.25) is 5.89 Å². The monoisotopic (exact) mass is 341 g/mol. The molecular formula is C18H19N3O2S. The Bertz CT molecular complexity index is 906. The molecule has 24 heavy (non-hydrogen) atoms. The van der Waals surface area contributed by atoms with Gasteiger partial charge in [-0.15, -0.1) is 11.3 Å². The van der Waals surface area contributed by atoms with Gasteiger partial charge in [0, 0.05) is 11.6 Å². The van der Waals surface area contributed by atoms with Crippen molar-refractivity contribution in [1.29, 1.82) is 0 Å². The highest BCUT2D eigenvalue weighted by molar-refractivity contribution is 7.21. The lowest BCUT2D eigenvalue weighted by molar-refractivity contribution is 0.0895. The Morgan fingerprint density at radius 1 is 1.25 bits per heavy atom. The van der Waals surface area contributed by atoms with Crippen LogP contribution in [0.2, 0.25) is 0 Å². The number of hydrogen-bond acceptors (Lipinski definition) is 5. The van der Waals surface area contributed by atoms with Gasteiger partial charge in [-0.05, 0) is 36.8 Å². The Kier molecular flexibility index (Phi) is 3.64. The van der Waals surface area contributed by atoms with Crippen molar-refractivity contribution in [3.8, 4) is 0 Å². The molecule has 0 saturated heterocycles. The number of thiophene rings is 1. The molecule has 0 bridgehead atoms. The summed E-state index contributed by atoms with van der Waals surface area (Å²) in [7, 11) is 0. The van der Waals surface area contributed by atoms with Crippen molar-refractivity contribution in [3.05, 3.63) is 46.4 Å². The van der Waals surface area contributed by atoms with E-state index in [9.17, 15) is 4.79 Å². The normalized spacial score (nSPS) is 16.6. The number of nitrogens with zero attached hydrogens (tertiary/aromatic N) is 2. The molecule has 2 heterocycles. The van der Waals surface area contributed by atoms with Crippen molar-refractivity contribution < 1.29 is 9.32 Å². The highest BCUT2D eigenvalue weighted by Crippen LogP contribution is 2.38. The second kappa shape index (κ2) is 5.70. The summed E-state index contributed by atoms with van der Waals surface area (Å²) in [6.45, 7) is 3.78. The number of benzene rings is 1. The zero-order chi connectivity index (χ0) is 16.7. The lowest BCUT2D eigenvalue weighted by atomic mass is 9.96. The highest BCUT2D eigenvalue weighted by Gasteiger charge is 2.41. The summed E-state index contributed by atoms with van der Waals surface area (Å²) >= 11 is 1.54. The largest absolute Gasteiger partial charge is 0.340 e. The predicted octanol–water partition coefficient (Wildman–Crippen LogP) is 4.10. The van der Waals surface area contributed by atoms with Gasteiger partial charge in [-0.3, -0.25) is 4.79 Å². The molecule has 1 amide bonds. The summed E-state index contributed by atoms with van der Waals surface area (Å²) < 4.78 is 6.29. The second-order valence-electron chi connectivity index (χ2n) is 6.43. The van der Waals surface area contributed by atoms with Crippen molar-refractivity contribution >= 4 is 27.3 Å². The number of hydrogen-bond donors (Lipinski definition) is 1. The first kappa shape index (κ1) is 15.3. The number of amides is 1. The maximum atomic E-state index is 13.0. The van der Waals surface area contributed by atoms with Crippen molar-refractivity contribution in [2.24, 2.45) is 0 Å². The SMILES string of the molecule is Cc1nc(C2(NC(=O)c3sc4ccccc4c3C)CCCC2)no1. The third-order valence-electron chi connectivity index (χ3n) is 4.82. The van der Waals surface area contributed by atoms with Crippen molar-refractivity contribution in [2.45, 2.75) is 45.1 Å². The fraction of sp³-hybridized carbons (Fsp3) is 0.389. The van der Waals surface area contributed by atoms with Crippen molar-refractivity contribution in [3.63, 3.8) is 0 Å². The fourth-order valence-electron chi connectivity index (χ4n) is 3.54. The van der Waals surface area contributed by atoms with Gasteiger partial charge in [0.25, 0.3) is 5.91 Å². The molecule has 1 fully saturated rings. The molecular weight excluding hydrogens is 322 g/mol. The van der Waals surface area contributed by atoms with Gasteiger partial charge in [0.1, 0.15) is 5.54 Å². The van der Waals surface area contributed by atoms with Crippen LogP contribution in [0.4, 0.5) is 0 Å². The Morgan fingerprint density at radius 3 is 2.67 bits per heavy atom. The van der Waals surface area contributed by atoms with Gasteiger partial charge in [0.05, 0.1) is 4.88 Å². The summed E-state index contributed by atoms with van der Waals surface area (Å²) in [5.74, 6) is 1.09. The number of rotatable bonds is 3. The van der Waals surface area contributed by atoms with E-state index in [1.54, 1.807) is 6.92 Å². The zero-order valence-corrected chi connectivity index (χ0v) is 14.6. The Hall–Kier alpha value is -2.21. The molecule has 1 N–H and O–H groups in total. The first-order chi connectivity index (χ1) is 11.6. The maximum Gasteiger partial charge on any atom is 0.262 e. The highest BCUT2D eigenvalue weighted by atomic mass is 32.1. The van der Waals surface area contributed by atoms with Crippen LogP contribution < -0.4 is 5.32 Å². The summed E-state index contributed by atoms with van der Waals surface area (Å²) in [6.07, 6.45) is 3.81. The molecule has 1 aromatic carbocycles. The summed E-state index contributed by atoms with van der Waals surface area (Å²) in [5, 5.41) is 8.45. The van der Waals surface area contributed by atoms with Crippen molar-refractivity contribution in [1.82, 2.24) is 15.5 Å². The number of carbonyl (C=O) groups is 1. The van der Waals surface area contributed by atoms with Gasteiger partial charge < -0.3 is 9.84 Å². The van der Waals surface area contributed by atoms with Crippen LogP contribution in [-0.4, -0.2) is 16.0 Å². The minimum atomic E-state index is -0.503. The average molecular weight is 341 g/mol. The number of aryl methyl sites for hydroxylation is 2. The van der Waals surface area contributed by atoms with Crippen LogP contribution in [-0.2, 0) is 5.54 Å². The van der Waals surface area contributed by atoms with E-state index < -0.39 is 5.54 Å². The molecule has 1 aliphatic rings. The molecule has 0 radical (unpaired) electrons. The molecule has 124 valence electrons. The van der Waals surface area contributed by atoms with E-state index in [4.69, 9.17) is 4.52 Å². The van der Waals surface area contributed by atoms with Crippen LogP contribution in [0.5, 0.6) is 0 Å². The van der Waals surface area contributed by atoms with E-state index in [2.05, 4.69) is 27.6 Å². The summed E-state index contributed by atoms with van der Waals surface area (Å²) in [5.41, 5.74) is 0.530. The molecule has 1 saturated carbocycles.